The van der Waals surface area contributed by atoms with Gasteiger partial charge in [0.2, 0.25) is 0 Å². The van der Waals surface area contributed by atoms with Crippen molar-refractivity contribution in [1.29, 1.82) is 0 Å². The molecule has 0 aliphatic heterocycles. The topological polar surface area (TPSA) is 38.7 Å². The molecule has 0 spiro atoms. The summed E-state index contributed by atoms with van der Waals surface area (Å²) in [7, 11) is 0. The Balaban J connectivity index is 1.02. The fraction of sp³-hybridized carbons (Fsp3) is 0. The van der Waals surface area contributed by atoms with Gasteiger partial charge in [-0.2, -0.15) is 0 Å². The van der Waals surface area contributed by atoms with Crippen LogP contribution in [0.15, 0.2) is 200 Å². The minimum absolute atomic E-state index is 0.697. The lowest BCUT2D eigenvalue weighted by Gasteiger charge is -2.15. The van der Waals surface area contributed by atoms with Crippen LogP contribution in [0.5, 0.6) is 0 Å². The van der Waals surface area contributed by atoms with E-state index in [9.17, 15) is 0 Å². The summed E-state index contributed by atoms with van der Waals surface area (Å²) in [5.41, 5.74) is 11.8. The minimum atomic E-state index is 0.697. The number of aromatic nitrogens is 3. The summed E-state index contributed by atoms with van der Waals surface area (Å²) in [4.78, 5) is 14.5. The lowest BCUT2D eigenvalue weighted by molar-refractivity contribution is 1.18. The van der Waals surface area contributed by atoms with Gasteiger partial charge in [-0.3, -0.25) is 4.98 Å². The van der Waals surface area contributed by atoms with Gasteiger partial charge in [0.1, 0.15) is 0 Å². The number of nitrogens with zero attached hydrogens (tertiary/aromatic N) is 3. The molecule has 3 nitrogen and oxygen atoms in total. The first-order valence-electron chi connectivity index (χ1n) is 18.2. The van der Waals surface area contributed by atoms with Crippen LogP contribution in [0, 0.1) is 0 Å². The zero-order chi connectivity index (χ0) is 35.8. The summed E-state index contributed by atoms with van der Waals surface area (Å²) in [6.45, 7) is 0. The standard InChI is InChI=1S/C51H33N3/c1-2-11-39(12-3-1)51-53-47(32-48(54-51)42-15-8-14-40(30-42)44-16-9-29-52-33-44)37-24-19-34(20-25-37)35-21-26-38(27-22-35)49-46-18-7-5-13-41(46)31-43-28-23-36-10-4-6-17-45(36)50(43)49/h1-33H. The molecule has 0 amide bonds. The molecular weight excluding hydrogens is 655 g/mol. The van der Waals surface area contributed by atoms with E-state index in [1.165, 1.54) is 49.0 Å². The Hall–Kier alpha value is -7.23. The number of fused-ring (bicyclic) bond motifs is 4. The SMILES string of the molecule is c1ccc(-c2nc(-c3ccc(-c4ccc(-c5c6ccccc6cc6ccc7ccccc7c56)cc4)cc3)cc(-c3cccc(-c4cccnc4)c3)n2)cc1. The Morgan fingerprint density at radius 2 is 0.907 bits per heavy atom. The van der Waals surface area contributed by atoms with Crippen molar-refractivity contribution in [2.75, 3.05) is 0 Å². The second kappa shape index (κ2) is 13.4. The van der Waals surface area contributed by atoms with Crippen molar-refractivity contribution in [2.45, 2.75) is 0 Å². The Bertz CT molecular complexity index is 2950. The molecule has 0 aliphatic rings. The van der Waals surface area contributed by atoms with Crippen molar-refractivity contribution in [3.63, 3.8) is 0 Å². The average Bonchev–Trinajstić information content (AvgIpc) is 3.26. The van der Waals surface area contributed by atoms with Crippen LogP contribution in [0.1, 0.15) is 0 Å². The van der Waals surface area contributed by atoms with Crippen LogP contribution < -0.4 is 0 Å². The summed E-state index contributed by atoms with van der Waals surface area (Å²) in [5.74, 6) is 0.697. The van der Waals surface area contributed by atoms with Crippen LogP contribution in [0.4, 0.5) is 0 Å². The fourth-order valence-electron chi connectivity index (χ4n) is 7.65. The number of rotatable bonds is 6. The zero-order valence-corrected chi connectivity index (χ0v) is 29.4. The molecule has 8 aromatic carbocycles. The van der Waals surface area contributed by atoms with Crippen LogP contribution in [0.25, 0.3) is 99.6 Å². The van der Waals surface area contributed by atoms with Crippen molar-refractivity contribution in [3.05, 3.63) is 200 Å². The molecule has 0 saturated heterocycles. The van der Waals surface area contributed by atoms with E-state index < -0.39 is 0 Å². The van der Waals surface area contributed by atoms with E-state index in [0.29, 0.717) is 5.82 Å². The molecule has 0 saturated carbocycles. The Kier molecular flexibility index (Phi) is 7.81. The number of hydrogen-bond donors (Lipinski definition) is 0. The maximum atomic E-state index is 5.08. The molecule has 0 N–H and O–H groups in total. The third-order valence-electron chi connectivity index (χ3n) is 10.4. The summed E-state index contributed by atoms with van der Waals surface area (Å²) in [5, 5.41) is 7.60. The average molecular weight is 688 g/mol. The molecule has 252 valence electrons. The lowest BCUT2D eigenvalue weighted by atomic mass is 9.88. The molecule has 0 radical (unpaired) electrons. The molecule has 10 rings (SSSR count). The van der Waals surface area contributed by atoms with E-state index in [1.807, 2.05) is 30.5 Å². The molecule has 0 bridgehead atoms. The molecule has 0 atom stereocenters. The van der Waals surface area contributed by atoms with E-state index in [-0.39, 0.29) is 0 Å². The highest BCUT2D eigenvalue weighted by atomic mass is 14.9. The normalized spacial score (nSPS) is 11.3. The predicted molar refractivity (Wildman–Crippen MR) is 225 cm³/mol. The van der Waals surface area contributed by atoms with Crippen LogP contribution in [-0.4, -0.2) is 15.0 Å². The molecule has 3 heteroatoms. The Morgan fingerprint density at radius 1 is 0.315 bits per heavy atom. The third-order valence-corrected chi connectivity index (χ3v) is 10.4. The maximum absolute atomic E-state index is 5.08. The number of benzene rings is 8. The monoisotopic (exact) mass is 687 g/mol. The summed E-state index contributed by atoms with van der Waals surface area (Å²) >= 11 is 0. The van der Waals surface area contributed by atoms with Gasteiger partial charge in [0, 0.05) is 34.6 Å². The molecule has 2 aromatic heterocycles. The maximum Gasteiger partial charge on any atom is 0.160 e. The van der Waals surface area contributed by atoms with E-state index in [0.717, 1.165) is 44.8 Å². The number of hydrogen-bond acceptors (Lipinski definition) is 3. The fourth-order valence-corrected chi connectivity index (χ4v) is 7.65. The van der Waals surface area contributed by atoms with E-state index in [2.05, 4.69) is 169 Å². The van der Waals surface area contributed by atoms with Gasteiger partial charge in [-0.05, 0) is 84.4 Å². The largest absolute Gasteiger partial charge is 0.264 e. The summed E-state index contributed by atoms with van der Waals surface area (Å²) in [6.07, 6.45) is 3.69. The molecular formula is C51H33N3. The smallest absolute Gasteiger partial charge is 0.160 e. The number of pyridine rings is 1. The minimum Gasteiger partial charge on any atom is -0.264 e. The molecule has 0 unspecified atom stereocenters. The predicted octanol–water partition coefficient (Wildman–Crippen LogP) is 13.3. The van der Waals surface area contributed by atoms with Crippen LogP contribution in [-0.2, 0) is 0 Å². The third kappa shape index (κ3) is 5.78. The van der Waals surface area contributed by atoms with Gasteiger partial charge < -0.3 is 0 Å². The molecule has 0 aliphatic carbocycles. The van der Waals surface area contributed by atoms with Crippen LogP contribution in [0.2, 0.25) is 0 Å². The van der Waals surface area contributed by atoms with E-state index in [4.69, 9.17) is 9.97 Å². The molecule has 2 heterocycles. The van der Waals surface area contributed by atoms with Crippen molar-refractivity contribution >= 4 is 32.3 Å². The summed E-state index contributed by atoms with van der Waals surface area (Å²) < 4.78 is 0. The molecule has 0 fully saturated rings. The van der Waals surface area contributed by atoms with Crippen molar-refractivity contribution < 1.29 is 0 Å². The quantitative estimate of drug-likeness (QED) is 0.129. The summed E-state index contributed by atoms with van der Waals surface area (Å²) in [6, 6.07) is 66.8. The lowest BCUT2D eigenvalue weighted by Crippen LogP contribution is -1.96. The van der Waals surface area contributed by atoms with Gasteiger partial charge in [-0.25, -0.2) is 9.97 Å². The second-order valence-corrected chi connectivity index (χ2v) is 13.7. The Morgan fingerprint density at radius 3 is 1.67 bits per heavy atom. The first kappa shape index (κ1) is 31.5. The second-order valence-electron chi connectivity index (χ2n) is 13.7. The molecule has 10 aromatic rings. The van der Waals surface area contributed by atoms with Gasteiger partial charge in [0.25, 0.3) is 0 Å². The van der Waals surface area contributed by atoms with Gasteiger partial charge >= 0.3 is 0 Å². The van der Waals surface area contributed by atoms with Gasteiger partial charge in [-0.1, -0.05) is 164 Å². The van der Waals surface area contributed by atoms with Gasteiger partial charge in [-0.15, -0.1) is 0 Å². The van der Waals surface area contributed by atoms with Crippen molar-refractivity contribution in [3.8, 4) is 67.3 Å². The highest BCUT2D eigenvalue weighted by molar-refractivity contribution is 6.21. The van der Waals surface area contributed by atoms with Crippen molar-refractivity contribution in [1.82, 2.24) is 15.0 Å². The molecule has 54 heavy (non-hydrogen) atoms. The highest BCUT2D eigenvalue weighted by Gasteiger charge is 2.15. The van der Waals surface area contributed by atoms with E-state index >= 15 is 0 Å². The van der Waals surface area contributed by atoms with E-state index in [1.54, 1.807) is 6.20 Å². The zero-order valence-electron chi connectivity index (χ0n) is 29.4. The van der Waals surface area contributed by atoms with Crippen LogP contribution in [0.3, 0.4) is 0 Å². The first-order valence-corrected chi connectivity index (χ1v) is 18.2. The highest BCUT2D eigenvalue weighted by Crippen LogP contribution is 2.41. The first-order chi connectivity index (χ1) is 26.7. The van der Waals surface area contributed by atoms with Gasteiger partial charge in [0.15, 0.2) is 5.82 Å². The Labute approximate surface area is 313 Å². The van der Waals surface area contributed by atoms with Gasteiger partial charge in [0.05, 0.1) is 11.4 Å². The van der Waals surface area contributed by atoms with Crippen LogP contribution >= 0.6 is 0 Å². The van der Waals surface area contributed by atoms with Crippen molar-refractivity contribution in [2.24, 2.45) is 0 Å².